The van der Waals surface area contributed by atoms with Crippen molar-refractivity contribution in [3.8, 4) is 39.1 Å². The highest BCUT2D eigenvalue weighted by Gasteiger charge is 2.31. The van der Waals surface area contributed by atoms with Gasteiger partial charge in [0.05, 0.1) is 29.2 Å². The summed E-state index contributed by atoms with van der Waals surface area (Å²) in [5, 5.41) is 6.24. The summed E-state index contributed by atoms with van der Waals surface area (Å²) in [4.78, 5) is 5.42. The van der Waals surface area contributed by atoms with Crippen molar-refractivity contribution in [2.45, 2.75) is 12.5 Å². The Balaban J connectivity index is 0.950. The smallest absolute Gasteiger partial charge is 0.0743 e. The van der Waals surface area contributed by atoms with Crippen LogP contribution in [0, 0.1) is 5.92 Å². The lowest BCUT2D eigenvalue weighted by molar-refractivity contribution is 0.694. The number of benzene rings is 9. The number of hydrogen-bond donors (Lipinski definition) is 1. The van der Waals surface area contributed by atoms with E-state index in [-0.39, 0.29) is 5.92 Å². The molecule has 2 N–H and O–H groups in total. The number of nitrogen functional groups attached to an aromatic ring is 1. The molecule has 0 radical (unpaired) electrons. The van der Waals surface area contributed by atoms with Gasteiger partial charge < -0.3 is 10.3 Å². The lowest BCUT2D eigenvalue weighted by Crippen LogP contribution is -2.14. The molecule has 0 saturated carbocycles. The highest BCUT2D eigenvalue weighted by atomic mass is 15.0. The van der Waals surface area contributed by atoms with Gasteiger partial charge in [-0.3, -0.25) is 4.99 Å². The Bertz CT molecular complexity index is 3550. The van der Waals surface area contributed by atoms with Crippen LogP contribution in [0.5, 0.6) is 0 Å². The topological polar surface area (TPSA) is 43.3 Å². The first-order chi connectivity index (χ1) is 32.2. The van der Waals surface area contributed by atoms with Crippen molar-refractivity contribution >= 4 is 49.9 Å². The molecule has 0 saturated heterocycles. The van der Waals surface area contributed by atoms with Gasteiger partial charge in [0, 0.05) is 39.4 Å². The van der Waals surface area contributed by atoms with Gasteiger partial charge in [-0.05, 0) is 91.0 Å². The van der Waals surface area contributed by atoms with Gasteiger partial charge in [0.25, 0.3) is 0 Å². The third-order valence-corrected chi connectivity index (χ3v) is 13.5. The van der Waals surface area contributed by atoms with Crippen molar-refractivity contribution in [2.75, 3.05) is 5.73 Å². The number of nitrogens with zero attached hydrogens (tertiary/aromatic N) is 2. The molecule has 0 fully saturated rings. The van der Waals surface area contributed by atoms with Crippen LogP contribution in [0.1, 0.15) is 33.9 Å². The Kier molecular flexibility index (Phi) is 9.53. The molecule has 1 aromatic heterocycles. The molecular formula is C62H45N3. The third kappa shape index (κ3) is 6.81. The van der Waals surface area contributed by atoms with E-state index in [0.717, 1.165) is 33.7 Å². The van der Waals surface area contributed by atoms with Crippen LogP contribution in [0.25, 0.3) is 77.6 Å². The number of nitrogens with two attached hydrogens (primary N) is 1. The Morgan fingerprint density at radius 2 is 1.12 bits per heavy atom. The number of aromatic nitrogens is 1. The van der Waals surface area contributed by atoms with E-state index < -0.39 is 0 Å². The number of aliphatic imine (C=N–C) groups is 1. The second-order valence-corrected chi connectivity index (χ2v) is 17.2. The van der Waals surface area contributed by atoms with Crippen molar-refractivity contribution < 1.29 is 0 Å². The molecule has 0 amide bonds. The first kappa shape index (κ1) is 38.4. The van der Waals surface area contributed by atoms with Crippen LogP contribution >= 0.6 is 0 Å². The molecule has 10 aromatic rings. The van der Waals surface area contributed by atoms with Crippen LogP contribution in [-0.4, -0.2) is 10.3 Å². The van der Waals surface area contributed by atoms with E-state index in [0.29, 0.717) is 18.2 Å². The van der Waals surface area contributed by atoms with Gasteiger partial charge in [-0.1, -0.05) is 206 Å². The maximum atomic E-state index is 6.69. The highest BCUT2D eigenvalue weighted by molar-refractivity contribution is 6.16. The molecule has 65 heavy (non-hydrogen) atoms. The summed E-state index contributed by atoms with van der Waals surface area (Å²) in [6.45, 7) is 0.493. The molecule has 2 aliphatic rings. The lowest BCUT2D eigenvalue weighted by Gasteiger charge is -2.26. The molecule has 1 unspecified atom stereocenters. The Morgan fingerprint density at radius 1 is 0.508 bits per heavy atom. The SMILES string of the molecule is Nc1ccccc1/C(=N\Cc1ccc(-n2c3c(c4c5ccc(-c6ccccc6)cc5ccc42)[C@H]2C=CC=CC2C=C3)c2ccccc12)c1ccc(-c2ccc(-c3ccccc3)cc2)cc1. The second-order valence-electron chi connectivity index (χ2n) is 17.2. The molecule has 1 heterocycles. The summed E-state index contributed by atoms with van der Waals surface area (Å²) in [6.07, 6.45) is 13.9. The summed E-state index contributed by atoms with van der Waals surface area (Å²) in [5.41, 5.74) is 23.6. The maximum Gasteiger partial charge on any atom is 0.0743 e. The fraction of sp³-hybridized carbons (Fsp3) is 0.0484. The van der Waals surface area contributed by atoms with E-state index in [1.807, 2.05) is 18.2 Å². The van der Waals surface area contributed by atoms with Gasteiger partial charge in [-0.25, -0.2) is 0 Å². The average Bonchev–Trinajstić information content (AvgIpc) is 3.72. The standard InChI is InChI=1S/C62H45N3/c63-56-22-12-11-21-55(56)62(47-29-27-45(28-30-47)44-25-23-43(24-26-44)41-13-3-1-4-14-41)64-40-50-34-36-57(54-20-10-9-18-51(50)54)65-58-37-32-46-17-7-8-19-52(46)60(58)61-53-35-31-48(42-15-5-2-6-16-42)39-49(53)33-38-59(61)65/h1-39,46,52H,40,63H2/b64-62-/t46?,52-/m0/s1. The summed E-state index contributed by atoms with van der Waals surface area (Å²) in [7, 11) is 0. The molecule has 3 nitrogen and oxygen atoms in total. The Labute approximate surface area is 379 Å². The Hall–Kier alpha value is -8.27. The zero-order valence-electron chi connectivity index (χ0n) is 35.9. The van der Waals surface area contributed by atoms with Gasteiger partial charge in [-0.15, -0.1) is 0 Å². The van der Waals surface area contributed by atoms with E-state index in [2.05, 4.69) is 223 Å². The van der Waals surface area contributed by atoms with E-state index in [4.69, 9.17) is 10.7 Å². The number of rotatable bonds is 8. The van der Waals surface area contributed by atoms with Gasteiger partial charge in [0.1, 0.15) is 0 Å². The van der Waals surface area contributed by atoms with Crippen molar-refractivity contribution in [3.05, 3.63) is 259 Å². The van der Waals surface area contributed by atoms with Gasteiger partial charge in [0.15, 0.2) is 0 Å². The summed E-state index contributed by atoms with van der Waals surface area (Å²) in [6, 6.07) is 71.8. The van der Waals surface area contributed by atoms with E-state index in [1.54, 1.807) is 0 Å². The summed E-state index contributed by atoms with van der Waals surface area (Å²) < 4.78 is 2.51. The Morgan fingerprint density at radius 3 is 1.86 bits per heavy atom. The summed E-state index contributed by atoms with van der Waals surface area (Å²) in [5.74, 6) is 0.569. The predicted octanol–water partition coefficient (Wildman–Crippen LogP) is 15.4. The van der Waals surface area contributed by atoms with Crippen LogP contribution < -0.4 is 5.73 Å². The number of para-hydroxylation sites is 1. The van der Waals surface area contributed by atoms with Crippen LogP contribution in [0.15, 0.2) is 236 Å². The minimum Gasteiger partial charge on any atom is -0.398 e. The lowest BCUT2D eigenvalue weighted by atomic mass is 9.78. The predicted molar refractivity (Wildman–Crippen MR) is 275 cm³/mol. The highest BCUT2D eigenvalue weighted by Crippen LogP contribution is 2.47. The molecule has 2 atom stereocenters. The third-order valence-electron chi connectivity index (χ3n) is 13.5. The fourth-order valence-electron chi connectivity index (χ4n) is 10.2. The monoisotopic (exact) mass is 831 g/mol. The van der Waals surface area contributed by atoms with Crippen molar-refractivity contribution in [3.63, 3.8) is 0 Å². The molecule has 308 valence electrons. The molecule has 0 bridgehead atoms. The van der Waals surface area contributed by atoms with Crippen molar-refractivity contribution in [1.29, 1.82) is 0 Å². The maximum absolute atomic E-state index is 6.69. The second kappa shape index (κ2) is 16.1. The van der Waals surface area contributed by atoms with Gasteiger partial charge in [-0.2, -0.15) is 0 Å². The molecule has 2 aliphatic carbocycles. The molecule has 9 aromatic carbocycles. The van der Waals surface area contributed by atoms with Crippen LogP contribution in [0.3, 0.4) is 0 Å². The molecule has 3 heteroatoms. The van der Waals surface area contributed by atoms with E-state index in [9.17, 15) is 0 Å². The van der Waals surface area contributed by atoms with Gasteiger partial charge in [0.2, 0.25) is 0 Å². The molecule has 0 spiro atoms. The normalized spacial score (nSPS) is 15.4. The van der Waals surface area contributed by atoms with Crippen LogP contribution in [-0.2, 0) is 6.54 Å². The minimum absolute atomic E-state index is 0.251. The number of fused-ring (bicyclic) bond motifs is 8. The zero-order valence-corrected chi connectivity index (χ0v) is 35.9. The number of allylic oxidation sites excluding steroid dienone is 5. The zero-order chi connectivity index (χ0) is 43.3. The van der Waals surface area contributed by atoms with Crippen LogP contribution in [0.2, 0.25) is 0 Å². The average molecular weight is 832 g/mol. The number of anilines is 1. The fourth-order valence-corrected chi connectivity index (χ4v) is 10.2. The van der Waals surface area contributed by atoms with Crippen molar-refractivity contribution in [2.24, 2.45) is 10.9 Å². The summed E-state index contributed by atoms with van der Waals surface area (Å²) >= 11 is 0. The largest absolute Gasteiger partial charge is 0.398 e. The molecular weight excluding hydrogens is 787 g/mol. The van der Waals surface area contributed by atoms with Gasteiger partial charge >= 0.3 is 0 Å². The molecule has 0 aliphatic heterocycles. The minimum atomic E-state index is 0.251. The quantitative estimate of drug-likeness (QED) is 0.120. The molecule has 12 rings (SSSR count). The van der Waals surface area contributed by atoms with Crippen molar-refractivity contribution in [1.82, 2.24) is 4.57 Å². The number of hydrogen-bond acceptors (Lipinski definition) is 2. The van der Waals surface area contributed by atoms with Crippen LogP contribution in [0.4, 0.5) is 5.69 Å². The van der Waals surface area contributed by atoms with E-state index >= 15 is 0 Å². The first-order valence-electron chi connectivity index (χ1n) is 22.5. The van der Waals surface area contributed by atoms with E-state index in [1.165, 1.54) is 71.5 Å². The first-order valence-corrected chi connectivity index (χ1v) is 22.5.